The van der Waals surface area contributed by atoms with E-state index in [1.807, 2.05) is 0 Å². The Hall–Kier alpha value is -2.93. The lowest BCUT2D eigenvalue weighted by Crippen LogP contribution is -2.48. The Morgan fingerprint density at radius 1 is 1.22 bits per heavy atom. The van der Waals surface area contributed by atoms with E-state index in [2.05, 4.69) is 37.6 Å². The molecule has 11 nitrogen and oxygen atoms in total. The van der Waals surface area contributed by atoms with Crippen molar-refractivity contribution >= 4 is 27.3 Å². The van der Waals surface area contributed by atoms with Gasteiger partial charge in [0.2, 0.25) is 0 Å². The van der Waals surface area contributed by atoms with Gasteiger partial charge < -0.3 is 20.2 Å². The number of amides is 1. The Kier molecular flexibility index (Phi) is 7.79. The number of piperazine rings is 1. The van der Waals surface area contributed by atoms with Crippen LogP contribution in [0.4, 0.5) is 5.82 Å². The van der Waals surface area contributed by atoms with Crippen molar-refractivity contribution in [3.63, 3.8) is 0 Å². The zero-order valence-electron chi connectivity index (χ0n) is 20.8. The molecule has 0 radical (unpaired) electrons. The lowest BCUT2D eigenvalue weighted by Gasteiger charge is -2.31. The minimum absolute atomic E-state index is 0.0166. The van der Waals surface area contributed by atoms with Crippen molar-refractivity contribution in [1.82, 2.24) is 20.2 Å². The third-order valence-corrected chi connectivity index (χ3v) is 8.88. The number of benzene rings is 1. The maximum Gasteiger partial charge on any atom is 0.279 e. The molecule has 198 valence electrons. The average molecular weight is 529 g/mol. The molecule has 0 spiro atoms. The van der Waals surface area contributed by atoms with E-state index in [4.69, 9.17) is 9.57 Å². The number of carbonyl (C=O) groups excluding carboxylic acids is 1. The van der Waals surface area contributed by atoms with Crippen LogP contribution in [0.1, 0.15) is 37.4 Å². The second kappa shape index (κ2) is 11.2. The van der Waals surface area contributed by atoms with Crippen LogP contribution >= 0.6 is 0 Å². The summed E-state index contributed by atoms with van der Waals surface area (Å²) in [6, 6.07) is 6.60. The Balaban J connectivity index is 1.29. The molecule has 2 aliphatic heterocycles. The summed E-state index contributed by atoms with van der Waals surface area (Å²) in [7, 11) is -3.33. The SMILES string of the molecule is C[C@H]1CN(Cc2cnc(NC(=O)C(=NO[C@@H]3CCOC3)c3ccc(S(=O)(=O)C4CC4)cc3)cn2)CCN1. The van der Waals surface area contributed by atoms with Gasteiger partial charge in [-0.15, -0.1) is 0 Å². The van der Waals surface area contributed by atoms with E-state index in [-0.39, 0.29) is 27.8 Å². The second-order valence-electron chi connectivity index (χ2n) is 9.74. The molecule has 3 aliphatic rings. The van der Waals surface area contributed by atoms with Crippen LogP contribution in [0.2, 0.25) is 0 Å². The third-order valence-electron chi connectivity index (χ3n) is 6.60. The summed E-state index contributed by atoms with van der Waals surface area (Å²) < 4.78 is 30.4. The molecule has 1 aromatic heterocycles. The zero-order valence-corrected chi connectivity index (χ0v) is 21.6. The highest BCUT2D eigenvalue weighted by Gasteiger charge is 2.36. The highest BCUT2D eigenvalue weighted by atomic mass is 32.2. The molecule has 0 bridgehead atoms. The Labute approximate surface area is 216 Å². The van der Waals surface area contributed by atoms with Crippen LogP contribution in [-0.4, -0.2) is 85.1 Å². The van der Waals surface area contributed by atoms with Crippen LogP contribution < -0.4 is 10.6 Å². The van der Waals surface area contributed by atoms with E-state index in [9.17, 15) is 13.2 Å². The Morgan fingerprint density at radius 3 is 2.68 bits per heavy atom. The number of oxime groups is 1. The molecule has 1 amide bonds. The summed E-state index contributed by atoms with van der Waals surface area (Å²) in [4.78, 5) is 30.1. The van der Waals surface area contributed by atoms with E-state index in [1.54, 1.807) is 18.3 Å². The van der Waals surface area contributed by atoms with E-state index in [1.165, 1.54) is 18.3 Å². The van der Waals surface area contributed by atoms with E-state index in [0.29, 0.717) is 50.6 Å². The topological polar surface area (TPSA) is 135 Å². The number of nitrogens with one attached hydrogen (secondary N) is 2. The van der Waals surface area contributed by atoms with Gasteiger partial charge in [0.15, 0.2) is 27.5 Å². The van der Waals surface area contributed by atoms with Crippen LogP contribution in [0.25, 0.3) is 0 Å². The van der Waals surface area contributed by atoms with Crippen LogP contribution in [0.5, 0.6) is 0 Å². The predicted octanol–water partition coefficient (Wildman–Crippen LogP) is 1.35. The van der Waals surface area contributed by atoms with Gasteiger partial charge in [0.05, 0.1) is 41.4 Å². The van der Waals surface area contributed by atoms with Gasteiger partial charge in [0, 0.05) is 44.2 Å². The summed E-state index contributed by atoms with van der Waals surface area (Å²) >= 11 is 0. The standard InChI is InChI=1S/C25H32N6O5S/c1-17-14-31(10-9-26-17)15-19-12-28-23(13-27-19)29-25(32)24(30-36-20-8-11-35-16-20)18-2-4-21(5-3-18)37(33,34)22-6-7-22/h2-5,12-13,17,20,22,26H,6-11,14-16H2,1H3,(H,28,29,32)/t17-,20+/m0/s1. The molecule has 2 atom stereocenters. The molecule has 1 aliphatic carbocycles. The van der Waals surface area contributed by atoms with Gasteiger partial charge in [0.1, 0.15) is 0 Å². The van der Waals surface area contributed by atoms with Gasteiger partial charge in [0.25, 0.3) is 5.91 Å². The molecule has 2 saturated heterocycles. The molecule has 37 heavy (non-hydrogen) atoms. The minimum Gasteiger partial charge on any atom is -0.389 e. The lowest BCUT2D eigenvalue weighted by atomic mass is 10.1. The van der Waals surface area contributed by atoms with Gasteiger partial charge in [-0.05, 0) is 31.9 Å². The number of ether oxygens (including phenoxy) is 1. The largest absolute Gasteiger partial charge is 0.389 e. The summed E-state index contributed by atoms with van der Waals surface area (Å²) in [5.41, 5.74) is 1.27. The molecular formula is C25H32N6O5S. The van der Waals surface area contributed by atoms with Gasteiger partial charge in [-0.3, -0.25) is 14.7 Å². The lowest BCUT2D eigenvalue weighted by molar-refractivity contribution is -0.110. The summed E-state index contributed by atoms with van der Waals surface area (Å²) in [5, 5.41) is 9.96. The quantitative estimate of drug-likeness (QED) is 0.365. The van der Waals surface area contributed by atoms with Gasteiger partial charge in [-0.2, -0.15) is 0 Å². The summed E-state index contributed by atoms with van der Waals surface area (Å²) in [6.07, 6.45) is 4.98. The molecule has 1 aromatic carbocycles. The van der Waals surface area contributed by atoms with Crippen molar-refractivity contribution in [3.05, 3.63) is 47.9 Å². The molecule has 3 fully saturated rings. The van der Waals surface area contributed by atoms with E-state index < -0.39 is 15.7 Å². The number of anilines is 1. The summed E-state index contributed by atoms with van der Waals surface area (Å²) in [5.74, 6) is -0.248. The molecule has 2 N–H and O–H groups in total. The van der Waals surface area contributed by atoms with E-state index >= 15 is 0 Å². The number of rotatable bonds is 9. The molecule has 3 heterocycles. The predicted molar refractivity (Wildman–Crippen MR) is 137 cm³/mol. The third kappa shape index (κ3) is 6.50. The Bertz CT molecular complexity index is 1230. The van der Waals surface area contributed by atoms with Crippen LogP contribution in [0, 0.1) is 0 Å². The van der Waals surface area contributed by atoms with Crippen molar-refractivity contribution in [3.8, 4) is 0 Å². The average Bonchev–Trinajstić information content (AvgIpc) is 3.63. The van der Waals surface area contributed by atoms with Crippen molar-refractivity contribution in [2.75, 3.05) is 38.2 Å². The number of hydrogen-bond acceptors (Lipinski definition) is 10. The first-order valence-electron chi connectivity index (χ1n) is 12.6. The fraction of sp³-hybridized carbons (Fsp3) is 0.520. The van der Waals surface area contributed by atoms with Crippen LogP contribution in [0.3, 0.4) is 0 Å². The molecule has 0 unspecified atom stereocenters. The zero-order chi connectivity index (χ0) is 25.8. The maximum absolute atomic E-state index is 13.2. The fourth-order valence-electron chi connectivity index (χ4n) is 4.38. The first kappa shape index (κ1) is 25.7. The Morgan fingerprint density at radius 2 is 2.03 bits per heavy atom. The minimum atomic E-state index is -3.33. The first-order chi connectivity index (χ1) is 17.9. The number of sulfone groups is 1. The molecule has 2 aromatic rings. The van der Waals surface area contributed by atoms with Gasteiger partial charge >= 0.3 is 0 Å². The van der Waals surface area contributed by atoms with Crippen molar-refractivity contribution in [2.45, 2.75) is 55.0 Å². The van der Waals surface area contributed by atoms with Gasteiger partial charge in [-0.1, -0.05) is 17.3 Å². The number of aromatic nitrogens is 2. The monoisotopic (exact) mass is 528 g/mol. The maximum atomic E-state index is 13.2. The number of nitrogens with zero attached hydrogens (tertiary/aromatic N) is 4. The van der Waals surface area contributed by atoms with E-state index in [0.717, 1.165) is 25.3 Å². The summed E-state index contributed by atoms with van der Waals surface area (Å²) in [6.45, 7) is 6.63. The van der Waals surface area contributed by atoms with Crippen molar-refractivity contribution in [1.29, 1.82) is 0 Å². The fourth-order valence-corrected chi connectivity index (χ4v) is 6.04. The highest BCUT2D eigenvalue weighted by Crippen LogP contribution is 2.33. The van der Waals surface area contributed by atoms with Crippen LogP contribution in [0.15, 0.2) is 46.7 Å². The molecular weight excluding hydrogens is 496 g/mol. The van der Waals surface area contributed by atoms with Gasteiger partial charge in [-0.25, -0.2) is 13.4 Å². The normalized spacial score (nSPS) is 23.1. The molecule has 1 saturated carbocycles. The van der Waals surface area contributed by atoms with Crippen LogP contribution in [-0.2, 0) is 30.8 Å². The second-order valence-corrected chi connectivity index (χ2v) is 12.0. The van der Waals surface area contributed by atoms with Crippen molar-refractivity contribution < 1.29 is 22.8 Å². The first-order valence-corrected chi connectivity index (χ1v) is 14.2. The van der Waals surface area contributed by atoms with Crippen molar-refractivity contribution in [2.24, 2.45) is 5.16 Å². The smallest absolute Gasteiger partial charge is 0.279 e. The molecule has 5 rings (SSSR count). The number of carbonyl (C=O) groups is 1. The molecule has 12 heteroatoms. The highest BCUT2D eigenvalue weighted by molar-refractivity contribution is 7.92. The number of hydrogen-bond donors (Lipinski definition) is 2.